The lowest BCUT2D eigenvalue weighted by Gasteiger charge is -2.44. The van der Waals surface area contributed by atoms with Crippen LogP contribution in [0.5, 0.6) is 0 Å². The van der Waals surface area contributed by atoms with Gasteiger partial charge in [-0.1, -0.05) is 13.3 Å². The van der Waals surface area contributed by atoms with Crippen molar-refractivity contribution in [3.05, 3.63) is 0 Å². The Labute approximate surface area is 180 Å². The van der Waals surface area contributed by atoms with Crippen molar-refractivity contribution in [3.8, 4) is 0 Å². The average Bonchev–Trinajstić information content (AvgIpc) is 3.48. The molecule has 2 amide bonds. The summed E-state index contributed by atoms with van der Waals surface area (Å²) in [4.78, 5) is 25.0. The largest absolute Gasteiger partial charge is 0.381 e. The number of nitrogens with one attached hydrogen (secondary N) is 1. The molecular weight excluding hydrogens is 404 g/mol. The van der Waals surface area contributed by atoms with Crippen molar-refractivity contribution in [2.45, 2.75) is 82.5 Å². The van der Waals surface area contributed by atoms with Crippen LogP contribution in [0, 0.1) is 17.8 Å². The van der Waals surface area contributed by atoms with Gasteiger partial charge in [-0.15, -0.1) is 0 Å². The van der Waals surface area contributed by atoms with E-state index in [2.05, 4.69) is 16.6 Å². The van der Waals surface area contributed by atoms with E-state index in [1.807, 2.05) is 0 Å². The van der Waals surface area contributed by atoms with Gasteiger partial charge in [0.05, 0.1) is 21.4 Å². The summed E-state index contributed by atoms with van der Waals surface area (Å²) in [5.74, 6) is 1.29. The number of hydrogen-bond acceptors (Lipinski definition) is 5. The number of methoxy groups -OCH3 is 1. The van der Waals surface area contributed by atoms with Crippen LogP contribution in [-0.2, 0) is 28.8 Å². The van der Waals surface area contributed by atoms with Crippen LogP contribution in [0.1, 0.15) is 64.7 Å². The zero-order chi connectivity index (χ0) is 21.4. The van der Waals surface area contributed by atoms with Gasteiger partial charge in [-0.05, 0) is 57.3 Å². The molecule has 2 heterocycles. The fourth-order valence-electron chi connectivity index (χ4n) is 5.33. The maximum atomic E-state index is 13.3. The first-order valence-corrected chi connectivity index (χ1v) is 13.4. The van der Waals surface area contributed by atoms with E-state index in [0.717, 1.165) is 38.5 Å². The second kappa shape index (κ2) is 8.87. The predicted octanol–water partition coefficient (Wildman–Crippen LogP) is 2.67. The minimum absolute atomic E-state index is 0.108. The second-order valence-electron chi connectivity index (χ2n) is 9.88. The highest BCUT2D eigenvalue weighted by Crippen LogP contribution is 2.40. The monoisotopic (exact) mass is 440 g/mol. The van der Waals surface area contributed by atoms with Crippen molar-refractivity contribution in [2.75, 3.05) is 25.2 Å². The lowest BCUT2D eigenvalue weighted by atomic mass is 9.85. The summed E-state index contributed by atoms with van der Waals surface area (Å²) in [5, 5.41) is 3.21. The normalized spacial score (nSPS) is 43.7. The molecule has 2 aliphatic heterocycles. The van der Waals surface area contributed by atoms with Crippen molar-refractivity contribution >= 4 is 21.5 Å². The van der Waals surface area contributed by atoms with Crippen LogP contribution in [-0.4, -0.2) is 59.0 Å². The number of nitrogens with zero attached hydrogens (tertiary/aromatic N) is 1. The molecule has 0 aromatic carbocycles. The highest BCUT2D eigenvalue weighted by molar-refractivity contribution is 7.93. The molecule has 4 fully saturated rings. The van der Waals surface area contributed by atoms with Crippen molar-refractivity contribution in [1.82, 2.24) is 5.32 Å². The smallest absolute Gasteiger partial charge is 0.256 e. The fraction of sp³-hybridized carbons (Fsp3) is 0.909. The van der Waals surface area contributed by atoms with E-state index < -0.39 is 9.73 Å². The van der Waals surface area contributed by atoms with Crippen molar-refractivity contribution in [2.24, 2.45) is 22.1 Å². The molecule has 2 saturated heterocycles. The molecule has 170 valence electrons. The first kappa shape index (κ1) is 22.2. The quantitative estimate of drug-likeness (QED) is 0.725. The molecule has 0 radical (unpaired) electrons. The molecule has 0 aromatic rings. The minimum Gasteiger partial charge on any atom is -0.381 e. The first-order valence-electron chi connectivity index (χ1n) is 11.5. The van der Waals surface area contributed by atoms with Gasteiger partial charge < -0.3 is 14.8 Å². The van der Waals surface area contributed by atoms with Gasteiger partial charge in [0.2, 0.25) is 5.91 Å². The topological polar surface area (TPSA) is 94.1 Å². The predicted molar refractivity (Wildman–Crippen MR) is 114 cm³/mol. The van der Waals surface area contributed by atoms with Crippen LogP contribution in [0.4, 0.5) is 0 Å². The van der Waals surface area contributed by atoms with E-state index in [0.29, 0.717) is 43.3 Å². The van der Waals surface area contributed by atoms with Gasteiger partial charge in [0, 0.05) is 43.1 Å². The average molecular weight is 441 g/mol. The molecular formula is C22H36N2O5S. The van der Waals surface area contributed by atoms with Crippen LogP contribution in [0.25, 0.3) is 0 Å². The number of carbonyl (C=O) groups is 2. The van der Waals surface area contributed by atoms with E-state index in [1.54, 1.807) is 7.11 Å². The third-order valence-electron chi connectivity index (χ3n) is 7.60. The van der Waals surface area contributed by atoms with Crippen molar-refractivity contribution in [3.63, 3.8) is 0 Å². The van der Waals surface area contributed by atoms with E-state index in [-0.39, 0.29) is 41.4 Å². The molecule has 7 nitrogen and oxygen atoms in total. The zero-order valence-electron chi connectivity index (χ0n) is 18.3. The standard InChI is InChI=1S/C22H36N2O5S/c1-15-12-19(15)21(26)23-17-6-9-29-22(14-17)7-10-30(27,11-8-22)24-20(25)16-4-3-5-18(13-16)28-2/h15-19H,3-14H2,1-2H3,(H,23,26)/t15-,16?,17?,18?,19-,22?,30?/m0/s1. The highest BCUT2D eigenvalue weighted by atomic mass is 32.2. The zero-order valence-corrected chi connectivity index (χ0v) is 19.1. The fourth-order valence-corrected chi connectivity index (χ4v) is 7.57. The molecule has 2 saturated carbocycles. The third-order valence-corrected chi connectivity index (χ3v) is 9.80. The molecule has 1 spiro atoms. The summed E-state index contributed by atoms with van der Waals surface area (Å²) in [6, 6.07) is 0.125. The summed E-state index contributed by atoms with van der Waals surface area (Å²) in [5.41, 5.74) is -0.336. The Morgan fingerprint density at radius 3 is 2.57 bits per heavy atom. The molecule has 8 heteroatoms. The number of ether oxygens (including phenoxy) is 2. The van der Waals surface area contributed by atoms with E-state index in [1.165, 1.54) is 0 Å². The summed E-state index contributed by atoms with van der Waals surface area (Å²) in [7, 11) is -0.841. The van der Waals surface area contributed by atoms with Gasteiger partial charge >= 0.3 is 0 Å². The van der Waals surface area contributed by atoms with Crippen LogP contribution in [0.2, 0.25) is 0 Å². The summed E-state index contributed by atoms with van der Waals surface area (Å²) < 4.78 is 29.1. The maximum Gasteiger partial charge on any atom is 0.256 e. The molecule has 5 atom stereocenters. The Morgan fingerprint density at radius 2 is 1.90 bits per heavy atom. The molecule has 4 rings (SSSR count). The van der Waals surface area contributed by atoms with Gasteiger partial charge in [0.15, 0.2) is 0 Å². The second-order valence-corrected chi connectivity index (χ2v) is 12.4. The summed E-state index contributed by atoms with van der Waals surface area (Å²) >= 11 is 0. The molecule has 4 aliphatic rings. The molecule has 3 unspecified atom stereocenters. The van der Waals surface area contributed by atoms with Gasteiger partial charge in [-0.3, -0.25) is 9.59 Å². The van der Waals surface area contributed by atoms with Gasteiger partial charge in [-0.2, -0.15) is 4.36 Å². The van der Waals surface area contributed by atoms with Crippen molar-refractivity contribution < 1.29 is 23.3 Å². The lowest BCUT2D eigenvalue weighted by Crippen LogP contribution is -2.52. The Kier molecular flexibility index (Phi) is 6.56. The molecule has 0 aromatic heterocycles. The summed E-state index contributed by atoms with van der Waals surface area (Å²) in [6.07, 6.45) is 7.40. The number of amides is 2. The Morgan fingerprint density at radius 1 is 1.17 bits per heavy atom. The van der Waals surface area contributed by atoms with E-state index in [4.69, 9.17) is 9.47 Å². The number of hydrogen-bond donors (Lipinski definition) is 1. The van der Waals surface area contributed by atoms with Gasteiger partial charge in [0.1, 0.15) is 0 Å². The Bertz CT molecular complexity index is 776. The lowest BCUT2D eigenvalue weighted by molar-refractivity contribution is -0.127. The third kappa shape index (κ3) is 5.07. The highest BCUT2D eigenvalue weighted by Gasteiger charge is 2.44. The van der Waals surface area contributed by atoms with Gasteiger partial charge in [-0.25, -0.2) is 4.21 Å². The molecule has 0 bridgehead atoms. The van der Waals surface area contributed by atoms with Gasteiger partial charge in [0.25, 0.3) is 5.91 Å². The van der Waals surface area contributed by atoms with Crippen LogP contribution in [0.3, 0.4) is 0 Å². The number of rotatable bonds is 4. The minimum atomic E-state index is -2.52. The summed E-state index contributed by atoms with van der Waals surface area (Å²) in [6.45, 7) is 2.73. The first-order chi connectivity index (χ1) is 14.3. The Hall–Kier alpha value is -0.990. The van der Waals surface area contributed by atoms with Crippen LogP contribution >= 0.6 is 0 Å². The molecule has 30 heavy (non-hydrogen) atoms. The number of carbonyl (C=O) groups excluding carboxylic acids is 2. The maximum absolute atomic E-state index is 13.3. The van der Waals surface area contributed by atoms with Crippen LogP contribution < -0.4 is 5.32 Å². The van der Waals surface area contributed by atoms with Crippen LogP contribution in [0.15, 0.2) is 4.36 Å². The molecule has 1 N–H and O–H groups in total. The Balaban J connectivity index is 1.33. The SMILES string of the molecule is COC1CCCC(C(=O)N=S2(=O)CCC3(CC2)CC(NC(=O)[C@H]2C[C@@H]2C)CCO3)C1. The molecule has 2 aliphatic carbocycles. The van der Waals surface area contributed by atoms with E-state index >= 15 is 0 Å². The van der Waals surface area contributed by atoms with Crippen molar-refractivity contribution in [1.29, 1.82) is 0 Å². The van der Waals surface area contributed by atoms with E-state index in [9.17, 15) is 13.8 Å².